The Hall–Kier alpha value is -2.42. The van der Waals surface area contributed by atoms with E-state index in [9.17, 15) is 9.59 Å². The molecular formula is C13H14N2O6S. The second-order valence-electron chi connectivity index (χ2n) is 4.28. The highest BCUT2D eigenvalue weighted by Gasteiger charge is 2.16. The Morgan fingerprint density at radius 3 is 2.73 bits per heavy atom. The number of fused-ring (bicyclic) bond motifs is 1. The van der Waals surface area contributed by atoms with Crippen molar-refractivity contribution in [2.45, 2.75) is 17.7 Å². The van der Waals surface area contributed by atoms with Crippen molar-refractivity contribution in [2.75, 3.05) is 12.4 Å². The van der Waals surface area contributed by atoms with E-state index in [1.165, 1.54) is 11.8 Å². The molecule has 0 amide bonds. The zero-order valence-electron chi connectivity index (χ0n) is 11.4. The van der Waals surface area contributed by atoms with E-state index in [0.717, 1.165) is 11.0 Å². The molecule has 1 heterocycles. The van der Waals surface area contributed by atoms with Crippen LogP contribution in [-0.2, 0) is 9.47 Å². The maximum Gasteiger partial charge on any atom is 0.506 e. The van der Waals surface area contributed by atoms with Crippen LogP contribution in [-0.4, -0.2) is 51.0 Å². The summed E-state index contributed by atoms with van der Waals surface area (Å²) in [4.78, 5) is 28.4. The van der Waals surface area contributed by atoms with Crippen LogP contribution in [0.2, 0.25) is 0 Å². The maximum absolute atomic E-state index is 10.6. The Kier molecular flexibility index (Phi) is 5.48. The van der Waals surface area contributed by atoms with Gasteiger partial charge in [0.2, 0.25) is 0 Å². The molecule has 22 heavy (non-hydrogen) atoms. The van der Waals surface area contributed by atoms with Crippen molar-refractivity contribution < 1.29 is 29.3 Å². The molecular weight excluding hydrogens is 312 g/mol. The molecule has 0 radical (unpaired) electrons. The summed E-state index contributed by atoms with van der Waals surface area (Å²) >= 11 is 1.30. The van der Waals surface area contributed by atoms with E-state index in [1.54, 1.807) is 0 Å². The van der Waals surface area contributed by atoms with E-state index < -0.39 is 18.4 Å². The number of benzene rings is 1. The first-order valence-electron chi connectivity index (χ1n) is 6.37. The van der Waals surface area contributed by atoms with Crippen molar-refractivity contribution in [2.24, 2.45) is 0 Å². The van der Waals surface area contributed by atoms with E-state index in [1.807, 2.05) is 24.3 Å². The molecule has 0 aliphatic heterocycles. The number of aromatic nitrogens is 2. The van der Waals surface area contributed by atoms with E-state index in [4.69, 9.17) is 14.9 Å². The SMILES string of the molecule is O=C(O)OCCC(CSc1nc2ccccc2[nH]1)OC(=O)O. The first kappa shape index (κ1) is 16.0. The Morgan fingerprint density at radius 2 is 2.05 bits per heavy atom. The normalized spacial score (nSPS) is 12.0. The Balaban J connectivity index is 1.91. The van der Waals surface area contributed by atoms with Crippen LogP contribution in [0.15, 0.2) is 29.4 Å². The first-order valence-corrected chi connectivity index (χ1v) is 7.36. The molecule has 3 N–H and O–H groups in total. The molecule has 118 valence electrons. The summed E-state index contributed by atoms with van der Waals surface area (Å²) in [5, 5.41) is 17.7. The molecule has 0 bridgehead atoms. The molecule has 0 fully saturated rings. The predicted octanol–water partition coefficient (Wildman–Crippen LogP) is 2.80. The van der Waals surface area contributed by atoms with Crippen molar-refractivity contribution in [1.82, 2.24) is 9.97 Å². The summed E-state index contributed by atoms with van der Waals surface area (Å²) in [5.74, 6) is 0.301. The number of nitrogens with one attached hydrogen (secondary N) is 1. The monoisotopic (exact) mass is 326 g/mol. The van der Waals surface area contributed by atoms with Gasteiger partial charge in [-0.1, -0.05) is 23.9 Å². The van der Waals surface area contributed by atoms with Gasteiger partial charge in [0.1, 0.15) is 6.10 Å². The molecule has 1 aromatic heterocycles. The average Bonchev–Trinajstić information content (AvgIpc) is 2.86. The molecule has 1 atom stereocenters. The standard InChI is InChI=1S/C13H14N2O6S/c16-12(17)20-6-5-8(21-13(18)19)7-22-11-14-9-3-1-2-4-10(9)15-11/h1-4,8H,5-7H2,(H,14,15)(H,16,17)(H,18,19). The van der Waals surface area contributed by atoms with Crippen LogP contribution >= 0.6 is 11.8 Å². The minimum absolute atomic E-state index is 0.131. The molecule has 0 spiro atoms. The zero-order valence-corrected chi connectivity index (χ0v) is 12.2. The number of thioether (sulfide) groups is 1. The molecule has 2 aromatic rings. The minimum atomic E-state index is -1.41. The number of nitrogens with zero attached hydrogens (tertiary/aromatic N) is 1. The summed E-state index contributed by atoms with van der Waals surface area (Å²) in [6, 6.07) is 7.51. The molecule has 9 heteroatoms. The fourth-order valence-corrected chi connectivity index (χ4v) is 2.69. The average molecular weight is 326 g/mol. The lowest BCUT2D eigenvalue weighted by molar-refractivity contribution is 0.0408. The molecule has 8 nitrogen and oxygen atoms in total. The quantitative estimate of drug-likeness (QED) is 0.524. The summed E-state index contributed by atoms with van der Waals surface area (Å²) < 4.78 is 9.07. The highest BCUT2D eigenvalue weighted by Crippen LogP contribution is 2.21. The van der Waals surface area contributed by atoms with Gasteiger partial charge >= 0.3 is 12.3 Å². The number of H-pyrrole nitrogens is 1. The van der Waals surface area contributed by atoms with Gasteiger partial charge in [-0.3, -0.25) is 0 Å². The largest absolute Gasteiger partial charge is 0.506 e. The van der Waals surface area contributed by atoms with E-state index >= 15 is 0 Å². The fourth-order valence-electron chi connectivity index (χ4n) is 1.77. The van der Waals surface area contributed by atoms with Gasteiger partial charge in [-0.2, -0.15) is 0 Å². The van der Waals surface area contributed by atoms with Crippen LogP contribution in [0.4, 0.5) is 9.59 Å². The topological polar surface area (TPSA) is 122 Å². The van der Waals surface area contributed by atoms with Gasteiger partial charge in [-0.05, 0) is 12.1 Å². The maximum atomic E-state index is 10.6. The van der Waals surface area contributed by atoms with Gasteiger partial charge in [0.05, 0.1) is 17.6 Å². The smallest absolute Gasteiger partial charge is 0.450 e. The number of carbonyl (C=O) groups is 2. The number of hydrogen-bond donors (Lipinski definition) is 3. The molecule has 0 aliphatic rings. The first-order chi connectivity index (χ1) is 10.5. The number of carboxylic acid groups (broad SMARTS) is 2. The molecule has 0 saturated heterocycles. The second-order valence-corrected chi connectivity index (χ2v) is 5.29. The summed E-state index contributed by atoms with van der Waals surface area (Å²) in [6.45, 7) is -0.131. The van der Waals surface area contributed by atoms with Gasteiger partial charge in [-0.15, -0.1) is 0 Å². The number of aromatic amines is 1. The summed E-state index contributed by atoms with van der Waals surface area (Å²) in [5.41, 5.74) is 1.70. The van der Waals surface area contributed by atoms with Gasteiger partial charge < -0.3 is 24.7 Å². The highest BCUT2D eigenvalue weighted by atomic mass is 32.2. The number of ether oxygens (including phenoxy) is 2. The van der Waals surface area contributed by atoms with E-state index in [2.05, 4.69) is 14.7 Å². The third-order valence-electron chi connectivity index (χ3n) is 2.71. The Bertz CT molecular complexity index is 626. The van der Waals surface area contributed by atoms with Crippen molar-refractivity contribution >= 4 is 35.1 Å². The summed E-state index contributed by atoms with van der Waals surface area (Å²) in [7, 11) is 0. The van der Waals surface area contributed by atoms with Gasteiger partial charge in [0, 0.05) is 12.2 Å². The lowest BCUT2D eigenvalue weighted by atomic mass is 10.3. The van der Waals surface area contributed by atoms with Gasteiger partial charge in [-0.25, -0.2) is 14.6 Å². The predicted molar refractivity (Wildman–Crippen MR) is 78.3 cm³/mol. The Morgan fingerprint density at radius 1 is 1.27 bits per heavy atom. The number of para-hydroxylation sites is 2. The van der Waals surface area contributed by atoms with Crippen LogP contribution in [0.3, 0.4) is 0 Å². The van der Waals surface area contributed by atoms with Crippen LogP contribution in [0.5, 0.6) is 0 Å². The second kappa shape index (κ2) is 7.55. The van der Waals surface area contributed by atoms with E-state index in [-0.39, 0.29) is 13.0 Å². The molecule has 1 aromatic carbocycles. The van der Waals surface area contributed by atoms with Crippen molar-refractivity contribution in [3.05, 3.63) is 24.3 Å². The molecule has 2 rings (SSSR count). The third kappa shape index (κ3) is 4.85. The summed E-state index contributed by atoms with van der Waals surface area (Å²) in [6.07, 6.45) is -3.36. The molecule has 0 aliphatic carbocycles. The number of imidazole rings is 1. The zero-order chi connectivity index (χ0) is 15.9. The molecule has 1 unspecified atom stereocenters. The lowest BCUT2D eigenvalue weighted by Gasteiger charge is -2.14. The number of rotatable bonds is 7. The Labute approximate surface area is 129 Å². The van der Waals surface area contributed by atoms with Crippen LogP contribution in [0, 0.1) is 0 Å². The van der Waals surface area contributed by atoms with Crippen molar-refractivity contribution in [3.8, 4) is 0 Å². The van der Waals surface area contributed by atoms with Crippen molar-refractivity contribution in [3.63, 3.8) is 0 Å². The highest BCUT2D eigenvalue weighted by molar-refractivity contribution is 7.99. The van der Waals surface area contributed by atoms with Gasteiger partial charge in [0.15, 0.2) is 5.16 Å². The molecule has 0 saturated carbocycles. The lowest BCUT2D eigenvalue weighted by Crippen LogP contribution is -2.22. The van der Waals surface area contributed by atoms with Crippen LogP contribution in [0.1, 0.15) is 6.42 Å². The van der Waals surface area contributed by atoms with Crippen LogP contribution in [0.25, 0.3) is 11.0 Å². The van der Waals surface area contributed by atoms with Crippen molar-refractivity contribution in [1.29, 1.82) is 0 Å². The number of hydrogen-bond acceptors (Lipinski definition) is 6. The van der Waals surface area contributed by atoms with Gasteiger partial charge in [0.25, 0.3) is 0 Å². The van der Waals surface area contributed by atoms with Crippen LogP contribution < -0.4 is 0 Å². The minimum Gasteiger partial charge on any atom is -0.450 e. The fraction of sp³-hybridized carbons (Fsp3) is 0.308. The van der Waals surface area contributed by atoms with E-state index in [0.29, 0.717) is 10.9 Å². The third-order valence-corrected chi connectivity index (χ3v) is 3.71.